The monoisotopic (exact) mass is 428 g/mol. The zero-order chi connectivity index (χ0) is 23.0. The second-order valence-corrected chi connectivity index (χ2v) is 8.80. The molecule has 0 spiro atoms. The van der Waals surface area contributed by atoms with Gasteiger partial charge in [-0.3, -0.25) is 9.59 Å². The molecule has 31 heavy (non-hydrogen) atoms. The molecular weight excluding hydrogens is 392 g/mol. The van der Waals surface area contributed by atoms with Crippen LogP contribution >= 0.6 is 0 Å². The van der Waals surface area contributed by atoms with Crippen LogP contribution in [0.25, 0.3) is 10.9 Å². The average molecular weight is 429 g/mol. The third-order valence-electron chi connectivity index (χ3n) is 5.47. The fourth-order valence-corrected chi connectivity index (χ4v) is 3.95. The van der Waals surface area contributed by atoms with E-state index in [1.54, 1.807) is 0 Å². The van der Waals surface area contributed by atoms with Gasteiger partial charge in [0.1, 0.15) is 5.78 Å². The molecule has 0 aliphatic rings. The normalized spacial score (nSPS) is 13.5. The smallest absolute Gasteiger partial charge is 0.312 e. The van der Waals surface area contributed by atoms with Crippen LogP contribution in [0.15, 0.2) is 30.5 Å². The number of nitrogens with one attached hydrogen (secondary N) is 3. The number of hydrogen-bond acceptors (Lipinski definition) is 4. The molecule has 1 aromatic carbocycles. The lowest BCUT2D eigenvalue weighted by molar-refractivity contribution is -0.131. The van der Waals surface area contributed by atoms with E-state index in [1.165, 1.54) is 0 Å². The Hall–Kier alpha value is -2.67. The topological polar surface area (TPSA) is 117 Å². The van der Waals surface area contributed by atoms with E-state index >= 15 is 0 Å². The van der Waals surface area contributed by atoms with E-state index in [-0.39, 0.29) is 41.9 Å². The second-order valence-electron chi connectivity index (χ2n) is 8.80. The fraction of sp³-hybridized carbons (Fsp3) is 0.542. The Morgan fingerprint density at radius 2 is 1.81 bits per heavy atom. The van der Waals surface area contributed by atoms with E-state index < -0.39 is 6.03 Å². The largest absolute Gasteiger partial charge is 0.361 e. The first kappa shape index (κ1) is 24.6. The van der Waals surface area contributed by atoms with Gasteiger partial charge in [-0.25, -0.2) is 4.79 Å². The Balaban J connectivity index is 2.13. The SMILES string of the molecule is CC(C)N[C@@H](Cc1c[nH]c2ccccc12)C(=O)C[C@@H](CCCNC(N)=O)C(=O)C(C)C. The summed E-state index contributed by atoms with van der Waals surface area (Å²) in [6.45, 7) is 8.15. The summed E-state index contributed by atoms with van der Waals surface area (Å²) < 4.78 is 0. The van der Waals surface area contributed by atoms with Crippen LogP contribution in [0.2, 0.25) is 0 Å². The molecule has 7 heteroatoms. The number of H-pyrrole nitrogens is 1. The summed E-state index contributed by atoms with van der Waals surface area (Å²) in [5, 5.41) is 7.04. The summed E-state index contributed by atoms with van der Waals surface area (Å²) in [5.74, 6) is -0.378. The first-order valence-electron chi connectivity index (χ1n) is 11.1. The molecule has 1 heterocycles. The number of carbonyl (C=O) groups is 3. The lowest BCUT2D eigenvalue weighted by Crippen LogP contribution is -2.43. The van der Waals surface area contributed by atoms with Gasteiger partial charge in [0.15, 0.2) is 5.78 Å². The summed E-state index contributed by atoms with van der Waals surface area (Å²) in [7, 11) is 0. The van der Waals surface area contributed by atoms with Crippen molar-refractivity contribution in [2.45, 2.75) is 65.5 Å². The molecule has 0 saturated carbocycles. The molecule has 7 nitrogen and oxygen atoms in total. The van der Waals surface area contributed by atoms with Gasteiger partial charge in [-0.2, -0.15) is 0 Å². The Kier molecular flexibility index (Phi) is 9.24. The molecule has 0 aliphatic heterocycles. The minimum absolute atomic E-state index is 0.0424. The highest BCUT2D eigenvalue weighted by atomic mass is 16.2. The number of hydrogen-bond donors (Lipinski definition) is 4. The van der Waals surface area contributed by atoms with Crippen molar-refractivity contribution in [2.24, 2.45) is 17.6 Å². The van der Waals surface area contributed by atoms with E-state index in [0.29, 0.717) is 25.8 Å². The van der Waals surface area contributed by atoms with Crippen molar-refractivity contribution in [1.29, 1.82) is 0 Å². The van der Waals surface area contributed by atoms with Crippen LogP contribution in [0, 0.1) is 11.8 Å². The Morgan fingerprint density at radius 3 is 2.45 bits per heavy atom. The molecule has 0 fully saturated rings. The number of amides is 2. The number of carbonyl (C=O) groups excluding carboxylic acids is 3. The zero-order valence-corrected chi connectivity index (χ0v) is 19.0. The van der Waals surface area contributed by atoms with Crippen LogP contribution in [0.4, 0.5) is 4.79 Å². The van der Waals surface area contributed by atoms with Gasteiger partial charge in [0.05, 0.1) is 6.04 Å². The highest BCUT2D eigenvalue weighted by Gasteiger charge is 2.28. The number of fused-ring (bicyclic) bond motifs is 1. The van der Waals surface area contributed by atoms with Crippen LogP contribution in [0.1, 0.15) is 52.5 Å². The van der Waals surface area contributed by atoms with E-state index in [2.05, 4.69) is 21.7 Å². The van der Waals surface area contributed by atoms with E-state index in [9.17, 15) is 14.4 Å². The van der Waals surface area contributed by atoms with Crippen LogP contribution < -0.4 is 16.4 Å². The molecule has 0 saturated heterocycles. The lowest BCUT2D eigenvalue weighted by atomic mass is 9.85. The van der Waals surface area contributed by atoms with Gasteiger partial charge in [-0.1, -0.05) is 45.9 Å². The van der Waals surface area contributed by atoms with Gasteiger partial charge < -0.3 is 21.4 Å². The Morgan fingerprint density at radius 1 is 1.10 bits per heavy atom. The number of ketones is 2. The number of aromatic amines is 1. The predicted molar refractivity (Wildman–Crippen MR) is 124 cm³/mol. The van der Waals surface area contributed by atoms with Crippen LogP contribution in [0.5, 0.6) is 0 Å². The average Bonchev–Trinajstić information content (AvgIpc) is 3.11. The molecule has 5 N–H and O–H groups in total. The van der Waals surface area contributed by atoms with Crippen molar-refractivity contribution in [2.75, 3.05) is 6.54 Å². The molecule has 0 unspecified atom stereocenters. The molecule has 2 atom stereocenters. The third-order valence-corrected chi connectivity index (χ3v) is 5.47. The summed E-state index contributed by atoms with van der Waals surface area (Å²) in [6.07, 6.45) is 3.86. The van der Waals surface area contributed by atoms with Gasteiger partial charge in [0.25, 0.3) is 0 Å². The molecule has 170 valence electrons. The van der Waals surface area contributed by atoms with Crippen molar-refractivity contribution in [1.82, 2.24) is 15.6 Å². The number of nitrogens with two attached hydrogens (primary N) is 1. The van der Waals surface area contributed by atoms with Crippen molar-refractivity contribution in [3.63, 3.8) is 0 Å². The number of aromatic nitrogens is 1. The summed E-state index contributed by atoms with van der Waals surface area (Å²) >= 11 is 0. The Labute approximate surface area is 184 Å². The summed E-state index contributed by atoms with van der Waals surface area (Å²) in [5.41, 5.74) is 7.23. The highest BCUT2D eigenvalue weighted by molar-refractivity contribution is 5.92. The summed E-state index contributed by atoms with van der Waals surface area (Å²) in [6, 6.07) is 7.22. The summed E-state index contributed by atoms with van der Waals surface area (Å²) in [4.78, 5) is 40.2. The molecule has 1 aromatic heterocycles. The maximum atomic E-state index is 13.3. The van der Waals surface area contributed by atoms with Crippen LogP contribution in [0.3, 0.4) is 0 Å². The number of benzene rings is 1. The molecule has 2 rings (SSSR count). The number of rotatable bonds is 13. The first-order chi connectivity index (χ1) is 14.7. The second kappa shape index (κ2) is 11.6. The van der Waals surface area contributed by atoms with E-state index in [4.69, 9.17) is 5.73 Å². The minimum Gasteiger partial charge on any atom is -0.361 e. The van der Waals surface area contributed by atoms with Crippen molar-refractivity contribution in [3.05, 3.63) is 36.0 Å². The molecule has 2 aromatic rings. The number of urea groups is 1. The van der Waals surface area contributed by atoms with E-state index in [1.807, 2.05) is 52.1 Å². The van der Waals surface area contributed by atoms with Gasteiger partial charge in [-0.05, 0) is 30.9 Å². The molecule has 0 radical (unpaired) electrons. The molecule has 0 bridgehead atoms. The van der Waals surface area contributed by atoms with Gasteiger partial charge >= 0.3 is 6.03 Å². The highest BCUT2D eigenvalue weighted by Crippen LogP contribution is 2.22. The number of primary amides is 1. The van der Waals surface area contributed by atoms with Crippen molar-refractivity contribution < 1.29 is 14.4 Å². The van der Waals surface area contributed by atoms with E-state index in [0.717, 1.165) is 16.5 Å². The Bertz CT molecular complexity index is 888. The molecular formula is C24H36N4O3. The fourth-order valence-electron chi connectivity index (χ4n) is 3.95. The standard InChI is InChI=1S/C24H36N4O3/c1-15(2)23(30)17(8-7-11-26-24(25)31)13-22(29)21(28-16(3)4)12-18-14-27-20-10-6-5-9-19(18)20/h5-6,9-10,14-17,21,27-28H,7-8,11-13H2,1-4H3,(H3,25,26,31)/t17-,21+/m1/s1. The quantitative estimate of drug-likeness (QED) is 0.366. The zero-order valence-electron chi connectivity index (χ0n) is 19.0. The maximum Gasteiger partial charge on any atom is 0.312 e. The number of Topliss-reactive ketones (excluding diaryl/α,β-unsaturated/α-hetero) is 2. The third kappa shape index (κ3) is 7.51. The van der Waals surface area contributed by atoms with Gasteiger partial charge in [0, 0.05) is 47.9 Å². The molecule has 0 aliphatic carbocycles. The van der Waals surface area contributed by atoms with Gasteiger partial charge in [-0.15, -0.1) is 0 Å². The van der Waals surface area contributed by atoms with Crippen LogP contribution in [-0.2, 0) is 16.0 Å². The van der Waals surface area contributed by atoms with Gasteiger partial charge in [0.2, 0.25) is 0 Å². The first-order valence-corrected chi connectivity index (χ1v) is 11.1. The minimum atomic E-state index is -0.581. The van der Waals surface area contributed by atoms with Crippen LogP contribution in [-0.4, -0.2) is 41.2 Å². The van der Waals surface area contributed by atoms with Crippen molar-refractivity contribution >= 4 is 28.5 Å². The molecule has 2 amide bonds. The lowest BCUT2D eigenvalue weighted by Gasteiger charge is -2.23. The maximum absolute atomic E-state index is 13.3. The predicted octanol–water partition coefficient (Wildman–Crippen LogP) is 3.33. The number of para-hydroxylation sites is 1. The van der Waals surface area contributed by atoms with Crippen molar-refractivity contribution in [3.8, 4) is 0 Å².